The summed E-state index contributed by atoms with van der Waals surface area (Å²) in [5.74, 6) is 0.718. The number of rotatable bonds is 18. The monoisotopic (exact) mass is 516 g/mol. The molecule has 0 radical (unpaired) electrons. The molecule has 1 atom stereocenters. The van der Waals surface area contributed by atoms with E-state index in [4.69, 9.17) is 18.3 Å². The molecular formula is C32H51NO4. The summed E-state index contributed by atoms with van der Waals surface area (Å²) in [4.78, 5) is 0. The zero-order valence-electron chi connectivity index (χ0n) is 27.2. The van der Waals surface area contributed by atoms with E-state index in [0.717, 1.165) is 104 Å². The Labute approximate surface area is 230 Å². The molecule has 0 spiro atoms. The molecule has 0 amide bonds. The van der Waals surface area contributed by atoms with E-state index < -0.39 is 5.60 Å². The number of aryl methyl sites for hydroxylation is 1. The number of hydrogen-bond donors (Lipinski definition) is 2. The predicted octanol–water partition coefficient (Wildman–Crippen LogP) is 6.72. The molecule has 0 saturated heterocycles. The average Bonchev–Trinajstić information content (AvgIpc) is 2.91. The summed E-state index contributed by atoms with van der Waals surface area (Å²) >= 11 is 0. The molecular weight excluding hydrogens is 462 g/mol. The summed E-state index contributed by atoms with van der Waals surface area (Å²) in [6.45, 7) is 12.5. The molecule has 0 aromatic heterocycles. The van der Waals surface area contributed by atoms with Gasteiger partial charge in [-0.2, -0.15) is 0 Å². The van der Waals surface area contributed by atoms with Crippen LogP contribution in [0.3, 0.4) is 0 Å². The number of unbranched alkanes of at least 4 members (excludes halogenated alkanes) is 4. The Morgan fingerprint density at radius 2 is 1.65 bits per heavy atom. The third-order valence-electron chi connectivity index (χ3n) is 6.98. The Bertz CT molecular complexity index is 1060. The second kappa shape index (κ2) is 16.1. The fourth-order valence-electron chi connectivity index (χ4n) is 4.56. The highest BCUT2D eigenvalue weighted by molar-refractivity contribution is 5.47. The molecule has 37 heavy (non-hydrogen) atoms. The largest absolute Gasteiger partial charge is 0.496 e. The lowest BCUT2D eigenvalue weighted by atomic mass is 9.91. The Morgan fingerprint density at radius 3 is 2.32 bits per heavy atom. The van der Waals surface area contributed by atoms with Gasteiger partial charge >= 0.3 is 0 Å². The zero-order chi connectivity index (χ0) is 29.9. The van der Waals surface area contributed by atoms with E-state index in [9.17, 15) is 5.11 Å². The van der Waals surface area contributed by atoms with Crippen LogP contribution in [0, 0.1) is 20.8 Å². The third-order valence-corrected chi connectivity index (χ3v) is 6.98. The van der Waals surface area contributed by atoms with Gasteiger partial charge in [0.05, 0.1) is 22.9 Å². The quantitative estimate of drug-likeness (QED) is 0.215. The van der Waals surface area contributed by atoms with Crippen molar-refractivity contribution in [1.29, 1.82) is 0 Å². The number of hydrogen-bond acceptors (Lipinski definition) is 5. The standard InChI is InChI=1S/C32H51NO4/c1-24-15-14-17-27(26(24)3)16-10-13-20-37-19-12-9-8-11-18-33-23-30(35-6)28-21-25(2)31(36-7)29(22-28)32(4,5)34/h14-15,17,21-22,30,33-34H,8-13,16,18-20,23H2,1-7H3/i14D,15D,17D. The lowest BCUT2D eigenvalue weighted by Crippen LogP contribution is -2.25. The average molecular weight is 517 g/mol. The summed E-state index contributed by atoms with van der Waals surface area (Å²) in [5.41, 5.74) is 4.47. The SMILES string of the molecule is [2H]c1c([2H])c(C)c(C)c(CCCCOCCCCCCNCC(OC)c2cc(C)c(OC)c(C(C)(C)O)c2)c1[2H]. The molecule has 5 nitrogen and oxygen atoms in total. The lowest BCUT2D eigenvalue weighted by molar-refractivity contribution is 0.0740. The van der Waals surface area contributed by atoms with E-state index in [-0.39, 0.29) is 24.2 Å². The Kier molecular flexibility index (Phi) is 11.6. The normalized spacial score (nSPS) is 13.8. The van der Waals surface area contributed by atoms with Crippen molar-refractivity contribution in [2.75, 3.05) is 40.5 Å². The van der Waals surface area contributed by atoms with Crippen molar-refractivity contribution in [2.24, 2.45) is 0 Å². The summed E-state index contributed by atoms with van der Waals surface area (Å²) in [6, 6.07) is 4.48. The van der Waals surface area contributed by atoms with Crippen LogP contribution in [-0.2, 0) is 21.5 Å². The molecule has 0 fully saturated rings. The molecule has 2 aromatic rings. The topological polar surface area (TPSA) is 60.0 Å². The minimum absolute atomic E-state index is 0.0381. The minimum Gasteiger partial charge on any atom is -0.496 e. The van der Waals surface area contributed by atoms with Gasteiger partial charge in [0.25, 0.3) is 0 Å². The van der Waals surface area contributed by atoms with Crippen molar-refractivity contribution >= 4 is 0 Å². The van der Waals surface area contributed by atoms with E-state index in [1.165, 1.54) is 0 Å². The molecule has 5 heteroatoms. The van der Waals surface area contributed by atoms with E-state index in [1.807, 2.05) is 26.8 Å². The maximum atomic E-state index is 10.6. The Morgan fingerprint density at radius 1 is 0.946 bits per heavy atom. The smallest absolute Gasteiger partial charge is 0.127 e. The Hall–Kier alpha value is -1.92. The second-order valence-electron chi connectivity index (χ2n) is 10.5. The molecule has 0 bridgehead atoms. The molecule has 208 valence electrons. The molecule has 2 rings (SSSR count). The van der Waals surface area contributed by atoms with Crippen LogP contribution in [0.25, 0.3) is 0 Å². The fraction of sp³-hybridized carbons (Fsp3) is 0.625. The molecule has 2 N–H and O–H groups in total. The van der Waals surface area contributed by atoms with E-state index >= 15 is 0 Å². The summed E-state index contributed by atoms with van der Waals surface area (Å²) in [5, 5.41) is 14.1. The third kappa shape index (κ3) is 10.4. The van der Waals surface area contributed by atoms with Crippen LogP contribution < -0.4 is 10.1 Å². The van der Waals surface area contributed by atoms with Crippen LogP contribution in [0.15, 0.2) is 30.3 Å². The van der Waals surface area contributed by atoms with Crippen molar-refractivity contribution < 1.29 is 23.4 Å². The fourth-order valence-corrected chi connectivity index (χ4v) is 4.56. The first-order chi connectivity index (χ1) is 18.9. The van der Waals surface area contributed by atoms with Gasteiger partial charge in [0.2, 0.25) is 0 Å². The Balaban J connectivity index is 1.60. The predicted molar refractivity (Wildman–Crippen MR) is 154 cm³/mol. The maximum Gasteiger partial charge on any atom is 0.127 e. The number of nitrogens with one attached hydrogen (secondary N) is 1. The van der Waals surface area contributed by atoms with Gasteiger partial charge in [-0.1, -0.05) is 31.0 Å². The zero-order valence-corrected chi connectivity index (χ0v) is 24.2. The molecule has 0 aliphatic rings. The van der Waals surface area contributed by atoms with Gasteiger partial charge in [0, 0.05) is 32.4 Å². The van der Waals surface area contributed by atoms with Crippen LogP contribution >= 0.6 is 0 Å². The van der Waals surface area contributed by atoms with Crippen LogP contribution in [0.4, 0.5) is 0 Å². The first kappa shape index (κ1) is 26.7. The number of benzene rings is 2. The van der Waals surface area contributed by atoms with Gasteiger partial charge < -0.3 is 24.6 Å². The first-order valence-corrected chi connectivity index (χ1v) is 13.7. The highest BCUT2D eigenvalue weighted by Gasteiger charge is 2.25. The van der Waals surface area contributed by atoms with Crippen molar-refractivity contribution in [2.45, 2.75) is 91.3 Å². The van der Waals surface area contributed by atoms with Gasteiger partial charge in [0.1, 0.15) is 5.75 Å². The van der Waals surface area contributed by atoms with Crippen LogP contribution in [0.1, 0.15) is 96.0 Å². The van der Waals surface area contributed by atoms with Gasteiger partial charge in [0.15, 0.2) is 0 Å². The van der Waals surface area contributed by atoms with E-state index in [2.05, 4.69) is 11.4 Å². The molecule has 0 aliphatic heterocycles. The van der Waals surface area contributed by atoms with E-state index in [0.29, 0.717) is 6.54 Å². The lowest BCUT2D eigenvalue weighted by Gasteiger charge is -2.25. The molecule has 2 aromatic carbocycles. The molecule has 0 saturated carbocycles. The summed E-state index contributed by atoms with van der Waals surface area (Å²) < 4.78 is 41.2. The highest BCUT2D eigenvalue weighted by Crippen LogP contribution is 2.35. The van der Waals surface area contributed by atoms with Crippen LogP contribution in [0.5, 0.6) is 5.75 Å². The second-order valence-corrected chi connectivity index (χ2v) is 10.5. The highest BCUT2D eigenvalue weighted by atomic mass is 16.5. The number of methoxy groups -OCH3 is 2. The van der Waals surface area contributed by atoms with Crippen LogP contribution in [-0.4, -0.2) is 45.6 Å². The maximum absolute atomic E-state index is 10.6. The molecule has 0 aliphatic carbocycles. The van der Waals surface area contributed by atoms with E-state index in [1.54, 1.807) is 28.1 Å². The van der Waals surface area contributed by atoms with Crippen LogP contribution in [0.2, 0.25) is 0 Å². The molecule has 0 heterocycles. The summed E-state index contributed by atoms with van der Waals surface area (Å²) in [7, 11) is 3.35. The van der Waals surface area contributed by atoms with Crippen molar-refractivity contribution in [1.82, 2.24) is 5.32 Å². The summed E-state index contributed by atoms with van der Waals surface area (Å²) in [6.07, 6.45) is 6.93. The van der Waals surface area contributed by atoms with Crippen molar-refractivity contribution in [3.8, 4) is 5.75 Å². The van der Waals surface area contributed by atoms with Gasteiger partial charge in [-0.3, -0.25) is 0 Å². The van der Waals surface area contributed by atoms with Crippen molar-refractivity contribution in [3.05, 3.63) is 63.6 Å². The van der Waals surface area contributed by atoms with Gasteiger partial charge in [-0.05, 0) is 113 Å². The van der Waals surface area contributed by atoms with Gasteiger partial charge in [-0.15, -0.1) is 0 Å². The molecule has 1 unspecified atom stereocenters. The number of aliphatic hydroxyl groups is 1. The van der Waals surface area contributed by atoms with Gasteiger partial charge in [-0.25, -0.2) is 0 Å². The minimum atomic E-state index is -1.01. The first-order valence-electron chi connectivity index (χ1n) is 15.2. The number of ether oxygens (including phenoxy) is 3. The van der Waals surface area contributed by atoms with Crippen molar-refractivity contribution in [3.63, 3.8) is 0 Å².